The van der Waals surface area contributed by atoms with Gasteiger partial charge in [0, 0.05) is 24.2 Å². The largest absolute Gasteiger partial charge is 0.466 e. The first-order chi connectivity index (χ1) is 9.61. The summed E-state index contributed by atoms with van der Waals surface area (Å²) in [6.07, 6.45) is 0.716. The number of para-hydroxylation sites is 1. The van der Waals surface area contributed by atoms with E-state index in [2.05, 4.69) is 0 Å². The molecule has 5 heteroatoms. The Morgan fingerprint density at radius 2 is 2.10 bits per heavy atom. The van der Waals surface area contributed by atoms with E-state index in [4.69, 9.17) is 4.74 Å². The lowest BCUT2D eigenvalue weighted by Gasteiger charge is -2.14. The van der Waals surface area contributed by atoms with Gasteiger partial charge in [-0.25, -0.2) is 0 Å². The second kappa shape index (κ2) is 6.34. The van der Waals surface area contributed by atoms with Gasteiger partial charge in [0.25, 0.3) is 0 Å². The highest BCUT2D eigenvalue weighted by atomic mass is 16.5. The minimum atomic E-state index is -0.847. The zero-order valence-electron chi connectivity index (χ0n) is 11.3. The number of nitrogens with zero attached hydrogens (tertiary/aromatic N) is 1. The predicted octanol–water partition coefficient (Wildman–Crippen LogP) is 1.32. The molecule has 1 heterocycles. The summed E-state index contributed by atoms with van der Waals surface area (Å²) in [5, 5.41) is 10.5. The lowest BCUT2D eigenvalue weighted by atomic mass is 10.2. The van der Waals surface area contributed by atoms with Gasteiger partial charge in [-0.05, 0) is 19.1 Å². The highest BCUT2D eigenvalue weighted by Crippen LogP contribution is 2.11. The Hall–Kier alpha value is -2.14. The van der Waals surface area contributed by atoms with Crippen LogP contribution >= 0.6 is 0 Å². The van der Waals surface area contributed by atoms with Crippen LogP contribution in [0.5, 0.6) is 0 Å². The highest BCUT2D eigenvalue weighted by molar-refractivity contribution is 5.78. The normalized spacial score (nSPS) is 12.3. The molecule has 1 atom stereocenters. The summed E-state index contributed by atoms with van der Waals surface area (Å²) in [5.41, 5.74) is 0.680. The molecule has 0 fully saturated rings. The second-order valence-corrected chi connectivity index (χ2v) is 4.51. The van der Waals surface area contributed by atoms with Crippen molar-refractivity contribution >= 4 is 16.9 Å². The maximum absolute atomic E-state index is 11.7. The Morgan fingerprint density at radius 1 is 1.35 bits per heavy atom. The molecule has 20 heavy (non-hydrogen) atoms. The maximum Gasteiger partial charge on any atom is 0.308 e. The molecule has 106 valence electrons. The molecule has 0 aliphatic heterocycles. The number of pyridine rings is 1. The second-order valence-electron chi connectivity index (χ2n) is 4.51. The maximum atomic E-state index is 11.7. The summed E-state index contributed by atoms with van der Waals surface area (Å²) in [6, 6.07) is 8.64. The molecule has 1 N–H and O–H groups in total. The molecule has 1 unspecified atom stereocenters. The van der Waals surface area contributed by atoms with Crippen molar-refractivity contribution in [2.45, 2.75) is 26.0 Å². The summed E-state index contributed by atoms with van der Waals surface area (Å²) in [6.45, 7) is 2.26. The topological polar surface area (TPSA) is 68.5 Å². The van der Waals surface area contributed by atoms with Crippen LogP contribution in [0.2, 0.25) is 0 Å². The van der Waals surface area contributed by atoms with Crippen molar-refractivity contribution in [3.05, 3.63) is 46.8 Å². The van der Waals surface area contributed by atoms with Gasteiger partial charge in [-0.3, -0.25) is 9.59 Å². The molecular formula is C15H17NO4. The number of hydrogen-bond donors (Lipinski definition) is 1. The first-order valence-electron chi connectivity index (χ1n) is 6.53. The van der Waals surface area contributed by atoms with Crippen molar-refractivity contribution in [1.82, 2.24) is 4.57 Å². The Bertz CT molecular complexity index is 662. The number of aromatic nitrogens is 1. The van der Waals surface area contributed by atoms with Gasteiger partial charge in [0.15, 0.2) is 5.43 Å². The summed E-state index contributed by atoms with van der Waals surface area (Å²) in [4.78, 5) is 23.0. The fraction of sp³-hybridized carbons (Fsp3) is 0.333. The summed E-state index contributed by atoms with van der Waals surface area (Å²) in [5.74, 6) is -0.426. The molecule has 2 aromatic rings. The molecule has 5 nitrogen and oxygen atoms in total. The van der Waals surface area contributed by atoms with E-state index in [0.717, 1.165) is 5.52 Å². The van der Waals surface area contributed by atoms with Crippen molar-refractivity contribution in [3.63, 3.8) is 0 Å². The third-order valence-electron chi connectivity index (χ3n) is 3.00. The third kappa shape index (κ3) is 3.24. The average molecular weight is 275 g/mol. The van der Waals surface area contributed by atoms with Crippen LogP contribution in [0, 0.1) is 0 Å². The molecule has 0 radical (unpaired) electrons. The zero-order valence-corrected chi connectivity index (χ0v) is 11.3. The number of carbonyl (C=O) groups excluding carboxylic acids is 1. The van der Waals surface area contributed by atoms with Crippen molar-refractivity contribution in [2.24, 2.45) is 0 Å². The Balaban J connectivity index is 2.20. The monoisotopic (exact) mass is 275 g/mol. The number of aliphatic hydroxyl groups excluding tert-OH is 1. The van der Waals surface area contributed by atoms with Crippen LogP contribution in [0.15, 0.2) is 41.3 Å². The van der Waals surface area contributed by atoms with Gasteiger partial charge in [-0.2, -0.15) is 0 Å². The van der Waals surface area contributed by atoms with E-state index in [-0.39, 0.29) is 18.4 Å². The highest BCUT2D eigenvalue weighted by Gasteiger charge is 2.13. The number of ether oxygens (including phenoxy) is 1. The van der Waals surface area contributed by atoms with Crippen LogP contribution < -0.4 is 5.43 Å². The SMILES string of the molecule is CCOC(=O)CC(O)Cn1ccc(=O)c2ccccc21. The van der Waals surface area contributed by atoms with Crippen LogP contribution in [-0.4, -0.2) is 28.4 Å². The lowest BCUT2D eigenvalue weighted by Crippen LogP contribution is -2.22. The van der Waals surface area contributed by atoms with E-state index < -0.39 is 12.1 Å². The van der Waals surface area contributed by atoms with Crippen LogP contribution in [0.3, 0.4) is 0 Å². The number of carbonyl (C=O) groups is 1. The van der Waals surface area contributed by atoms with E-state index in [0.29, 0.717) is 12.0 Å². The fourth-order valence-corrected chi connectivity index (χ4v) is 2.12. The minimum Gasteiger partial charge on any atom is -0.466 e. The Morgan fingerprint density at radius 3 is 2.85 bits per heavy atom. The third-order valence-corrected chi connectivity index (χ3v) is 3.00. The Kier molecular flexibility index (Phi) is 4.53. The first-order valence-corrected chi connectivity index (χ1v) is 6.53. The zero-order chi connectivity index (χ0) is 14.5. The van der Waals surface area contributed by atoms with Crippen LogP contribution in [0.4, 0.5) is 0 Å². The van der Waals surface area contributed by atoms with Gasteiger partial charge in [-0.15, -0.1) is 0 Å². The molecule has 0 bridgehead atoms. The number of fused-ring (bicyclic) bond motifs is 1. The molecule has 0 aliphatic carbocycles. The number of benzene rings is 1. The summed E-state index contributed by atoms with van der Waals surface area (Å²) >= 11 is 0. The summed E-state index contributed by atoms with van der Waals surface area (Å²) < 4.78 is 6.56. The van der Waals surface area contributed by atoms with E-state index in [1.807, 2.05) is 12.1 Å². The van der Waals surface area contributed by atoms with Crippen molar-refractivity contribution in [1.29, 1.82) is 0 Å². The summed E-state index contributed by atoms with van der Waals surface area (Å²) in [7, 11) is 0. The molecule has 0 amide bonds. The molecular weight excluding hydrogens is 258 g/mol. The Labute approximate surface area is 116 Å². The quantitative estimate of drug-likeness (QED) is 0.835. The molecule has 0 saturated carbocycles. The van der Waals surface area contributed by atoms with Crippen LogP contribution in [0.1, 0.15) is 13.3 Å². The number of rotatable bonds is 5. The van der Waals surface area contributed by atoms with Gasteiger partial charge >= 0.3 is 5.97 Å². The molecule has 0 aliphatic rings. The fourth-order valence-electron chi connectivity index (χ4n) is 2.12. The standard InChI is InChI=1S/C15H17NO4/c1-2-20-15(19)9-11(17)10-16-8-7-14(18)12-5-3-4-6-13(12)16/h3-8,11,17H,2,9-10H2,1H3. The van der Waals surface area contributed by atoms with E-state index in [1.54, 1.807) is 29.8 Å². The van der Waals surface area contributed by atoms with E-state index in [9.17, 15) is 14.7 Å². The predicted molar refractivity (Wildman–Crippen MR) is 75.5 cm³/mol. The number of aliphatic hydroxyl groups is 1. The molecule has 1 aromatic carbocycles. The van der Waals surface area contributed by atoms with Gasteiger partial charge in [0.2, 0.25) is 0 Å². The van der Waals surface area contributed by atoms with Gasteiger partial charge < -0.3 is 14.4 Å². The van der Waals surface area contributed by atoms with Crippen LogP contribution in [0.25, 0.3) is 10.9 Å². The van der Waals surface area contributed by atoms with Crippen LogP contribution in [-0.2, 0) is 16.1 Å². The number of esters is 1. The van der Waals surface area contributed by atoms with Gasteiger partial charge in [0.05, 0.1) is 24.6 Å². The first kappa shape index (κ1) is 14.3. The average Bonchev–Trinajstić information content (AvgIpc) is 2.42. The van der Waals surface area contributed by atoms with E-state index in [1.165, 1.54) is 6.07 Å². The van der Waals surface area contributed by atoms with Crippen molar-refractivity contribution in [2.75, 3.05) is 6.61 Å². The smallest absolute Gasteiger partial charge is 0.308 e. The lowest BCUT2D eigenvalue weighted by molar-refractivity contribution is -0.145. The van der Waals surface area contributed by atoms with E-state index >= 15 is 0 Å². The minimum absolute atomic E-state index is 0.0586. The van der Waals surface area contributed by atoms with Crippen molar-refractivity contribution in [3.8, 4) is 0 Å². The number of hydrogen-bond acceptors (Lipinski definition) is 4. The molecule has 0 saturated heterocycles. The van der Waals surface area contributed by atoms with Gasteiger partial charge in [-0.1, -0.05) is 12.1 Å². The van der Waals surface area contributed by atoms with Crippen molar-refractivity contribution < 1.29 is 14.6 Å². The molecule has 0 spiro atoms. The molecule has 2 rings (SSSR count). The molecule has 1 aromatic heterocycles. The van der Waals surface area contributed by atoms with Gasteiger partial charge in [0.1, 0.15) is 0 Å².